The van der Waals surface area contributed by atoms with Crippen molar-refractivity contribution in [3.8, 4) is 17.2 Å². The maximum Gasteiger partial charge on any atom is 0.417 e. The van der Waals surface area contributed by atoms with Crippen LogP contribution in [0.15, 0.2) is 72.8 Å². The summed E-state index contributed by atoms with van der Waals surface area (Å²) in [5.74, 6) is -2.60. The van der Waals surface area contributed by atoms with Crippen LogP contribution in [0.25, 0.3) is 0 Å². The van der Waals surface area contributed by atoms with Gasteiger partial charge in [-0.05, 0) is 54.3 Å². The van der Waals surface area contributed by atoms with Gasteiger partial charge in [-0.3, -0.25) is 4.79 Å². The van der Waals surface area contributed by atoms with Crippen molar-refractivity contribution in [1.82, 2.24) is 4.90 Å². The fourth-order valence-electron chi connectivity index (χ4n) is 4.00. The second-order valence-electron chi connectivity index (χ2n) is 8.96. The van der Waals surface area contributed by atoms with Crippen molar-refractivity contribution in [3.63, 3.8) is 0 Å². The van der Waals surface area contributed by atoms with E-state index in [2.05, 4.69) is 0 Å². The van der Waals surface area contributed by atoms with Crippen molar-refractivity contribution in [2.75, 3.05) is 7.11 Å². The molecule has 0 aliphatic carbocycles. The zero-order chi connectivity index (χ0) is 27.9. The van der Waals surface area contributed by atoms with Crippen LogP contribution in [-0.4, -0.2) is 56.9 Å². The molecule has 38 heavy (non-hydrogen) atoms. The van der Waals surface area contributed by atoms with E-state index in [4.69, 9.17) is 15.2 Å². The molecule has 2 atom stereocenters. The molecule has 200 valence electrons. The lowest BCUT2D eigenvalue weighted by Gasteiger charge is -2.38. The van der Waals surface area contributed by atoms with Gasteiger partial charge in [0.2, 0.25) is 5.91 Å². The Morgan fingerprint density at radius 1 is 0.895 bits per heavy atom. The second-order valence-corrected chi connectivity index (χ2v) is 8.96. The standard InChI is InChI=1S/C28H30N2O8/c1-28(26(35)37-2,16-20-10-13-23(32)24(33)15-20)30(27(36)38-17-19-6-4-3-5-7-19)25(34)22(29)14-18-8-11-21(31)12-9-18/h3-13,15,22,31-33H,14,16-17,29H2,1-2H3/t22-,28-/m0/s1. The number of hydrogen-bond donors (Lipinski definition) is 4. The molecule has 0 aromatic heterocycles. The molecule has 0 aliphatic rings. The molecular formula is C28H30N2O8. The zero-order valence-electron chi connectivity index (χ0n) is 21.0. The molecule has 0 bridgehead atoms. The Morgan fingerprint density at radius 3 is 2.13 bits per heavy atom. The van der Waals surface area contributed by atoms with Gasteiger partial charge in [0.25, 0.3) is 0 Å². The van der Waals surface area contributed by atoms with Crippen molar-refractivity contribution in [1.29, 1.82) is 0 Å². The Bertz CT molecular complexity index is 1280. The third-order valence-electron chi connectivity index (χ3n) is 6.02. The van der Waals surface area contributed by atoms with Crippen molar-refractivity contribution in [2.45, 2.75) is 38.0 Å². The number of nitrogens with zero attached hydrogens (tertiary/aromatic N) is 1. The second kappa shape index (κ2) is 12.1. The molecule has 0 saturated carbocycles. The van der Waals surface area contributed by atoms with E-state index in [1.54, 1.807) is 42.5 Å². The maximum absolute atomic E-state index is 13.7. The number of esters is 1. The summed E-state index contributed by atoms with van der Waals surface area (Å²) in [4.78, 5) is 40.9. The predicted octanol–water partition coefficient (Wildman–Crippen LogP) is 3.01. The molecule has 0 heterocycles. The summed E-state index contributed by atoms with van der Waals surface area (Å²) in [5.41, 5.74) is 5.89. The number of aromatic hydroxyl groups is 3. The zero-order valence-corrected chi connectivity index (χ0v) is 21.0. The van der Waals surface area contributed by atoms with Gasteiger partial charge >= 0.3 is 12.1 Å². The first-order valence-electron chi connectivity index (χ1n) is 11.7. The van der Waals surface area contributed by atoms with Crippen LogP contribution in [-0.2, 0) is 38.5 Å². The minimum atomic E-state index is -1.93. The third kappa shape index (κ3) is 6.60. The minimum Gasteiger partial charge on any atom is -0.508 e. The normalized spacial score (nSPS) is 13.1. The first-order chi connectivity index (χ1) is 18.0. The molecular weight excluding hydrogens is 492 g/mol. The molecule has 0 fully saturated rings. The smallest absolute Gasteiger partial charge is 0.417 e. The number of carbonyl (C=O) groups is 3. The van der Waals surface area contributed by atoms with Gasteiger partial charge in [0.05, 0.1) is 13.2 Å². The van der Waals surface area contributed by atoms with E-state index in [1.807, 2.05) is 0 Å². The number of amides is 2. The van der Waals surface area contributed by atoms with Crippen LogP contribution in [0.1, 0.15) is 23.6 Å². The number of rotatable bonds is 9. The molecule has 3 aromatic rings. The van der Waals surface area contributed by atoms with E-state index in [0.717, 1.165) is 7.11 Å². The molecule has 10 nitrogen and oxygen atoms in total. The molecule has 2 amide bonds. The van der Waals surface area contributed by atoms with Gasteiger partial charge in [-0.1, -0.05) is 48.5 Å². The number of nitrogens with two attached hydrogens (primary N) is 1. The molecule has 5 N–H and O–H groups in total. The van der Waals surface area contributed by atoms with E-state index in [1.165, 1.54) is 37.3 Å². The lowest BCUT2D eigenvalue weighted by molar-refractivity contribution is -0.159. The van der Waals surface area contributed by atoms with Crippen LogP contribution in [0.3, 0.4) is 0 Å². The number of hydrogen-bond acceptors (Lipinski definition) is 9. The van der Waals surface area contributed by atoms with Crippen LogP contribution in [0, 0.1) is 0 Å². The number of phenols is 3. The van der Waals surface area contributed by atoms with Crippen LogP contribution >= 0.6 is 0 Å². The summed E-state index contributed by atoms with van der Waals surface area (Å²) in [5, 5.41) is 29.2. The summed E-state index contributed by atoms with van der Waals surface area (Å²) in [6, 6.07) is 17.4. The van der Waals surface area contributed by atoms with Crippen LogP contribution in [0.2, 0.25) is 0 Å². The quantitative estimate of drug-likeness (QED) is 0.245. The fraction of sp³-hybridized carbons (Fsp3) is 0.250. The fourth-order valence-corrected chi connectivity index (χ4v) is 4.00. The van der Waals surface area contributed by atoms with E-state index in [0.29, 0.717) is 21.6 Å². The van der Waals surface area contributed by atoms with Crippen LogP contribution in [0.4, 0.5) is 4.79 Å². The molecule has 3 aromatic carbocycles. The molecule has 0 radical (unpaired) electrons. The Balaban J connectivity index is 1.99. The third-order valence-corrected chi connectivity index (χ3v) is 6.02. The van der Waals surface area contributed by atoms with Crippen LogP contribution in [0.5, 0.6) is 17.2 Å². The van der Waals surface area contributed by atoms with E-state index < -0.39 is 35.3 Å². The van der Waals surface area contributed by atoms with E-state index >= 15 is 0 Å². The average molecular weight is 523 g/mol. The first kappa shape index (κ1) is 28.0. The number of benzene rings is 3. The van der Waals surface area contributed by atoms with Crippen molar-refractivity contribution in [2.24, 2.45) is 5.73 Å². The number of imide groups is 1. The molecule has 0 spiro atoms. The summed E-state index contributed by atoms with van der Waals surface area (Å²) in [7, 11) is 1.11. The number of phenolic OH excluding ortho intramolecular Hbond substituents is 3. The van der Waals surface area contributed by atoms with Gasteiger partial charge in [0.1, 0.15) is 12.4 Å². The maximum atomic E-state index is 13.7. The first-order valence-corrected chi connectivity index (χ1v) is 11.7. The molecule has 0 saturated heterocycles. The van der Waals surface area contributed by atoms with Gasteiger partial charge in [0, 0.05) is 6.42 Å². The Morgan fingerprint density at radius 2 is 1.53 bits per heavy atom. The highest BCUT2D eigenvalue weighted by atomic mass is 16.6. The van der Waals surface area contributed by atoms with Gasteiger partial charge < -0.3 is 30.5 Å². The highest BCUT2D eigenvalue weighted by Gasteiger charge is 2.49. The number of ether oxygens (including phenoxy) is 2. The lowest BCUT2D eigenvalue weighted by atomic mass is 9.89. The number of methoxy groups -OCH3 is 1. The Labute approximate surface area is 219 Å². The molecule has 0 aliphatic heterocycles. The van der Waals surface area contributed by atoms with Gasteiger partial charge in [-0.25, -0.2) is 14.5 Å². The van der Waals surface area contributed by atoms with E-state index in [-0.39, 0.29) is 30.9 Å². The summed E-state index contributed by atoms with van der Waals surface area (Å²) in [6.45, 7) is 1.16. The topological polar surface area (TPSA) is 160 Å². The summed E-state index contributed by atoms with van der Waals surface area (Å²) in [6.07, 6.45) is -1.39. The number of carbonyl (C=O) groups excluding carboxylic acids is 3. The lowest BCUT2D eigenvalue weighted by Crippen LogP contribution is -2.63. The molecule has 3 rings (SSSR count). The minimum absolute atomic E-state index is 0.00116. The highest BCUT2D eigenvalue weighted by Crippen LogP contribution is 2.30. The Hall–Kier alpha value is -4.57. The Kier molecular flexibility index (Phi) is 8.93. The van der Waals surface area contributed by atoms with Crippen molar-refractivity contribution >= 4 is 18.0 Å². The van der Waals surface area contributed by atoms with E-state index in [9.17, 15) is 29.7 Å². The molecule has 10 heteroatoms. The monoisotopic (exact) mass is 522 g/mol. The van der Waals surface area contributed by atoms with Gasteiger partial charge in [0.15, 0.2) is 17.0 Å². The predicted molar refractivity (Wildman–Crippen MR) is 137 cm³/mol. The van der Waals surface area contributed by atoms with Crippen molar-refractivity contribution in [3.05, 3.63) is 89.5 Å². The summed E-state index contributed by atoms with van der Waals surface area (Å²) < 4.78 is 10.4. The van der Waals surface area contributed by atoms with Gasteiger partial charge in [-0.15, -0.1) is 0 Å². The van der Waals surface area contributed by atoms with Crippen molar-refractivity contribution < 1.29 is 39.2 Å². The van der Waals surface area contributed by atoms with Gasteiger partial charge in [-0.2, -0.15) is 0 Å². The largest absolute Gasteiger partial charge is 0.508 e. The average Bonchev–Trinajstić information content (AvgIpc) is 2.91. The van der Waals surface area contributed by atoms with Crippen LogP contribution < -0.4 is 5.73 Å². The summed E-state index contributed by atoms with van der Waals surface area (Å²) >= 11 is 0. The molecule has 0 unspecified atom stereocenters. The SMILES string of the molecule is COC(=O)[C@](C)(Cc1ccc(O)c(O)c1)N(C(=O)OCc1ccccc1)C(=O)[C@@H](N)Cc1ccc(O)cc1. The highest BCUT2D eigenvalue weighted by molar-refractivity contribution is 6.01.